The van der Waals surface area contributed by atoms with Crippen molar-refractivity contribution in [1.82, 2.24) is 9.55 Å². The van der Waals surface area contributed by atoms with Crippen molar-refractivity contribution in [2.75, 3.05) is 5.32 Å². The van der Waals surface area contributed by atoms with Crippen LogP contribution in [-0.4, -0.2) is 15.5 Å². The number of carbonyl (C=O) groups excluding carboxylic acids is 1. The van der Waals surface area contributed by atoms with Crippen LogP contribution in [0.25, 0.3) is 11.0 Å². The maximum Gasteiger partial charge on any atom is 0.449 e. The molecule has 1 aliphatic heterocycles. The molecule has 1 aliphatic rings. The zero-order chi connectivity index (χ0) is 13.1. The first-order chi connectivity index (χ1) is 8.36. The molecule has 0 fully saturated rings. The molecule has 2 heterocycles. The molecule has 4 nitrogen and oxygen atoms in total. The van der Waals surface area contributed by atoms with E-state index >= 15 is 0 Å². The number of aryl methyl sites for hydroxylation is 1. The number of rotatable bonds is 0. The van der Waals surface area contributed by atoms with Gasteiger partial charge in [-0.1, -0.05) is 0 Å². The summed E-state index contributed by atoms with van der Waals surface area (Å²) in [6.45, 7) is 0. The number of fused-ring (bicyclic) bond motifs is 2. The Hall–Kier alpha value is -2.05. The number of hydrogen-bond donors (Lipinski definition) is 1. The highest BCUT2D eigenvalue weighted by Gasteiger charge is 2.37. The molecule has 1 N–H and O–H groups in total. The minimum Gasteiger partial charge on any atom is -0.325 e. The Balaban J connectivity index is 2.25. The van der Waals surface area contributed by atoms with Crippen molar-refractivity contribution in [1.29, 1.82) is 0 Å². The second-order valence-corrected chi connectivity index (χ2v) is 4.22. The fraction of sp³-hybridized carbons (Fsp3) is 0.273. The molecule has 0 saturated heterocycles. The van der Waals surface area contributed by atoms with E-state index in [-0.39, 0.29) is 17.8 Å². The molecule has 0 radical (unpaired) electrons. The normalized spacial score (nSPS) is 15.0. The van der Waals surface area contributed by atoms with Crippen molar-refractivity contribution in [3.8, 4) is 0 Å². The molecule has 2 aromatic rings. The molecule has 0 bridgehead atoms. The first-order valence-corrected chi connectivity index (χ1v) is 5.22. The van der Waals surface area contributed by atoms with Gasteiger partial charge in [-0.05, 0) is 17.7 Å². The van der Waals surface area contributed by atoms with Gasteiger partial charge in [-0.3, -0.25) is 4.79 Å². The van der Waals surface area contributed by atoms with Gasteiger partial charge >= 0.3 is 6.18 Å². The van der Waals surface area contributed by atoms with Gasteiger partial charge in [0.25, 0.3) is 0 Å². The average Bonchev–Trinajstić information content (AvgIpc) is 2.75. The van der Waals surface area contributed by atoms with E-state index in [1.165, 1.54) is 19.2 Å². The SMILES string of the molecule is Cn1c(C(F)(F)F)nc2cc3c(cc21)NC(=O)C3. The van der Waals surface area contributed by atoms with Gasteiger partial charge in [0.2, 0.25) is 11.7 Å². The van der Waals surface area contributed by atoms with Crippen molar-refractivity contribution >= 4 is 22.6 Å². The summed E-state index contributed by atoms with van der Waals surface area (Å²) in [4.78, 5) is 14.8. The molecule has 7 heteroatoms. The summed E-state index contributed by atoms with van der Waals surface area (Å²) in [5.41, 5.74) is 1.84. The summed E-state index contributed by atoms with van der Waals surface area (Å²) >= 11 is 0. The average molecular weight is 255 g/mol. The zero-order valence-electron chi connectivity index (χ0n) is 9.30. The number of halogens is 3. The van der Waals surface area contributed by atoms with Crippen LogP contribution in [0.3, 0.4) is 0 Å². The number of aromatic nitrogens is 2. The van der Waals surface area contributed by atoms with Crippen molar-refractivity contribution < 1.29 is 18.0 Å². The molecule has 0 unspecified atom stereocenters. The number of anilines is 1. The lowest BCUT2D eigenvalue weighted by Gasteiger charge is -2.05. The Labute approximate surface area is 99.4 Å². The van der Waals surface area contributed by atoms with E-state index in [4.69, 9.17) is 0 Å². The highest BCUT2D eigenvalue weighted by atomic mass is 19.4. The lowest BCUT2D eigenvalue weighted by atomic mass is 10.1. The molecule has 0 atom stereocenters. The molecule has 0 aliphatic carbocycles. The van der Waals surface area contributed by atoms with Crippen molar-refractivity contribution in [3.63, 3.8) is 0 Å². The maximum absolute atomic E-state index is 12.7. The summed E-state index contributed by atoms with van der Waals surface area (Å²) in [5.74, 6) is -1.09. The van der Waals surface area contributed by atoms with Crippen molar-refractivity contribution in [2.45, 2.75) is 12.6 Å². The highest BCUT2D eigenvalue weighted by molar-refractivity contribution is 6.01. The first-order valence-electron chi connectivity index (χ1n) is 5.22. The summed E-state index contributed by atoms with van der Waals surface area (Å²) in [7, 11) is 1.31. The van der Waals surface area contributed by atoms with Gasteiger partial charge in [0, 0.05) is 12.7 Å². The molecule has 1 amide bonds. The predicted molar refractivity (Wildman–Crippen MR) is 58.0 cm³/mol. The zero-order valence-corrected chi connectivity index (χ0v) is 9.30. The Bertz CT molecular complexity index is 672. The number of carbonyl (C=O) groups is 1. The molecule has 0 spiro atoms. The number of alkyl halides is 3. The van der Waals surface area contributed by atoms with Gasteiger partial charge in [-0.15, -0.1) is 0 Å². The predicted octanol–water partition coefficient (Wildman–Crippen LogP) is 2.09. The first kappa shape index (κ1) is 11.1. The van der Waals surface area contributed by atoms with Crippen LogP contribution in [0.4, 0.5) is 18.9 Å². The van der Waals surface area contributed by atoms with Crippen molar-refractivity contribution in [3.05, 3.63) is 23.5 Å². The summed E-state index contributed by atoms with van der Waals surface area (Å²) in [5, 5.41) is 2.60. The van der Waals surface area contributed by atoms with E-state index in [0.29, 0.717) is 16.8 Å². The molecule has 18 heavy (non-hydrogen) atoms. The smallest absolute Gasteiger partial charge is 0.325 e. The molecule has 0 saturated carbocycles. The third kappa shape index (κ3) is 1.47. The Kier molecular flexibility index (Phi) is 1.99. The Morgan fingerprint density at radius 1 is 1.39 bits per heavy atom. The Morgan fingerprint density at radius 2 is 2.11 bits per heavy atom. The van der Waals surface area contributed by atoms with E-state index < -0.39 is 12.0 Å². The van der Waals surface area contributed by atoms with E-state index in [9.17, 15) is 18.0 Å². The number of nitrogens with one attached hydrogen (secondary N) is 1. The van der Waals surface area contributed by atoms with Crippen LogP contribution in [0.1, 0.15) is 11.4 Å². The van der Waals surface area contributed by atoms with Crippen LogP contribution in [0.2, 0.25) is 0 Å². The van der Waals surface area contributed by atoms with E-state index in [0.717, 1.165) is 4.57 Å². The van der Waals surface area contributed by atoms with E-state index in [1.54, 1.807) is 0 Å². The maximum atomic E-state index is 12.7. The lowest BCUT2D eigenvalue weighted by molar-refractivity contribution is -0.146. The summed E-state index contributed by atoms with van der Waals surface area (Å²) in [6.07, 6.45) is -4.30. The van der Waals surface area contributed by atoms with E-state index in [2.05, 4.69) is 10.3 Å². The third-order valence-electron chi connectivity index (χ3n) is 2.98. The van der Waals surface area contributed by atoms with Crippen LogP contribution < -0.4 is 5.32 Å². The second kappa shape index (κ2) is 3.24. The topological polar surface area (TPSA) is 46.9 Å². The fourth-order valence-electron chi connectivity index (χ4n) is 2.17. The van der Waals surface area contributed by atoms with Crippen LogP contribution in [0.15, 0.2) is 12.1 Å². The van der Waals surface area contributed by atoms with Gasteiger partial charge in [0.1, 0.15) is 0 Å². The van der Waals surface area contributed by atoms with Gasteiger partial charge in [0.05, 0.1) is 17.5 Å². The summed E-state index contributed by atoms with van der Waals surface area (Å²) in [6, 6.07) is 3.05. The fourth-order valence-corrected chi connectivity index (χ4v) is 2.17. The van der Waals surface area contributed by atoms with Gasteiger partial charge in [0.15, 0.2) is 0 Å². The molecule has 3 rings (SSSR count). The van der Waals surface area contributed by atoms with E-state index in [1.807, 2.05) is 0 Å². The Morgan fingerprint density at radius 3 is 2.78 bits per heavy atom. The number of hydrogen-bond acceptors (Lipinski definition) is 2. The van der Waals surface area contributed by atoms with Crippen LogP contribution in [-0.2, 0) is 24.4 Å². The number of benzene rings is 1. The number of amides is 1. The van der Waals surface area contributed by atoms with Crippen molar-refractivity contribution in [2.24, 2.45) is 7.05 Å². The van der Waals surface area contributed by atoms with Gasteiger partial charge < -0.3 is 9.88 Å². The molecule has 1 aromatic heterocycles. The minimum atomic E-state index is -4.48. The minimum absolute atomic E-state index is 0.156. The van der Waals surface area contributed by atoms with Crippen LogP contribution in [0, 0.1) is 0 Å². The largest absolute Gasteiger partial charge is 0.449 e. The molecule has 94 valence electrons. The van der Waals surface area contributed by atoms with Gasteiger partial charge in [-0.2, -0.15) is 13.2 Å². The van der Waals surface area contributed by atoms with Gasteiger partial charge in [-0.25, -0.2) is 4.98 Å². The number of nitrogens with zero attached hydrogens (tertiary/aromatic N) is 2. The molecular weight excluding hydrogens is 247 g/mol. The highest BCUT2D eigenvalue weighted by Crippen LogP contribution is 2.34. The standard InChI is InChI=1S/C11H8F3N3O/c1-17-8-4-6-5(3-9(18)15-6)2-7(8)16-10(17)11(12,13)14/h2,4H,3H2,1H3,(H,15,18). The lowest BCUT2D eigenvalue weighted by Crippen LogP contribution is -2.12. The quantitative estimate of drug-likeness (QED) is 0.783. The van der Waals surface area contributed by atoms with Crippen LogP contribution >= 0.6 is 0 Å². The monoisotopic (exact) mass is 255 g/mol. The van der Waals surface area contributed by atoms with Crippen LogP contribution in [0.5, 0.6) is 0 Å². The molecule has 1 aromatic carbocycles. The molecular formula is C11H8F3N3O. The second-order valence-electron chi connectivity index (χ2n) is 4.22. The third-order valence-corrected chi connectivity index (χ3v) is 2.98. The number of imidazole rings is 1. The summed E-state index contributed by atoms with van der Waals surface area (Å²) < 4.78 is 39.1.